The van der Waals surface area contributed by atoms with Gasteiger partial charge >= 0.3 is 0 Å². The second-order valence-corrected chi connectivity index (χ2v) is 5.65. The summed E-state index contributed by atoms with van der Waals surface area (Å²) in [7, 11) is 1.55. The van der Waals surface area contributed by atoms with Crippen molar-refractivity contribution in [1.29, 1.82) is 0 Å². The van der Waals surface area contributed by atoms with Crippen LogP contribution in [0, 0.1) is 5.82 Å². The molecule has 0 bridgehead atoms. The molecule has 0 aliphatic rings. The molecule has 0 heterocycles. The minimum Gasteiger partial charge on any atom is -0.496 e. The predicted molar refractivity (Wildman–Crippen MR) is 92.8 cm³/mol. The van der Waals surface area contributed by atoms with Crippen LogP contribution in [0.5, 0.6) is 5.75 Å². The summed E-state index contributed by atoms with van der Waals surface area (Å²) in [5.41, 5.74) is 1.31. The Bertz CT molecular complexity index is 874. The molecule has 1 amide bonds. The zero-order valence-corrected chi connectivity index (χ0v) is 13.5. The zero-order valence-electron chi connectivity index (χ0n) is 13.5. The highest BCUT2D eigenvalue weighted by Gasteiger charge is 2.16. The second-order valence-electron chi connectivity index (χ2n) is 5.65. The Hall–Kier alpha value is -2.88. The van der Waals surface area contributed by atoms with Crippen LogP contribution in [0.25, 0.3) is 10.8 Å². The molecule has 122 valence electrons. The topological polar surface area (TPSA) is 38.3 Å². The SMILES string of the molecule is COc1cc2ccccc2cc1C(=O)N[C@H](C)c1ccc(F)cc1. The monoisotopic (exact) mass is 323 g/mol. The molecule has 0 aromatic heterocycles. The normalized spacial score (nSPS) is 12.0. The van der Waals surface area contributed by atoms with E-state index in [4.69, 9.17) is 4.74 Å². The third kappa shape index (κ3) is 3.23. The molecule has 1 atom stereocenters. The van der Waals surface area contributed by atoms with Gasteiger partial charge in [0.15, 0.2) is 0 Å². The van der Waals surface area contributed by atoms with Crippen LogP contribution < -0.4 is 10.1 Å². The van der Waals surface area contributed by atoms with E-state index >= 15 is 0 Å². The van der Waals surface area contributed by atoms with Crippen LogP contribution in [-0.4, -0.2) is 13.0 Å². The molecule has 0 aliphatic carbocycles. The summed E-state index contributed by atoms with van der Waals surface area (Å²) < 4.78 is 18.4. The molecule has 1 N–H and O–H groups in total. The van der Waals surface area contributed by atoms with Gasteiger partial charge in [0.1, 0.15) is 11.6 Å². The first kappa shape index (κ1) is 16.0. The van der Waals surface area contributed by atoms with Crippen molar-refractivity contribution in [2.75, 3.05) is 7.11 Å². The number of fused-ring (bicyclic) bond motifs is 1. The first-order valence-corrected chi connectivity index (χ1v) is 7.71. The molecule has 0 radical (unpaired) electrons. The van der Waals surface area contributed by atoms with Crippen molar-refractivity contribution in [3.05, 3.63) is 77.6 Å². The highest BCUT2D eigenvalue weighted by atomic mass is 19.1. The summed E-state index contributed by atoms with van der Waals surface area (Å²) in [5, 5.41) is 4.91. The minimum absolute atomic E-state index is 0.227. The Morgan fingerprint density at radius 3 is 2.29 bits per heavy atom. The third-order valence-electron chi connectivity index (χ3n) is 4.03. The number of carbonyl (C=O) groups is 1. The molecule has 0 aliphatic heterocycles. The molecule has 0 saturated carbocycles. The quantitative estimate of drug-likeness (QED) is 0.769. The first-order chi connectivity index (χ1) is 11.6. The molecule has 0 spiro atoms. The first-order valence-electron chi connectivity index (χ1n) is 7.71. The number of rotatable bonds is 4. The maximum atomic E-state index is 13.0. The van der Waals surface area contributed by atoms with Gasteiger partial charge < -0.3 is 10.1 Å². The average Bonchev–Trinajstić information content (AvgIpc) is 2.61. The van der Waals surface area contributed by atoms with Gasteiger partial charge in [0, 0.05) is 0 Å². The molecular formula is C20H18FNO2. The molecule has 24 heavy (non-hydrogen) atoms. The van der Waals surface area contributed by atoms with Gasteiger partial charge in [-0.05, 0) is 47.5 Å². The molecular weight excluding hydrogens is 305 g/mol. The van der Waals surface area contributed by atoms with E-state index in [9.17, 15) is 9.18 Å². The van der Waals surface area contributed by atoms with Crippen molar-refractivity contribution in [3.63, 3.8) is 0 Å². The fourth-order valence-corrected chi connectivity index (χ4v) is 2.67. The van der Waals surface area contributed by atoms with Crippen molar-refractivity contribution >= 4 is 16.7 Å². The van der Waals surface area contributed by atoms with Crippen molar-refractivity contribution < 1.29 is 13.9 Å². The van der Waals surface area contributed by atoms with Crippen LogP contribution in [0.2, 0.25) is 0 Å². The summed E-state index contributed by atoms with van der Waals surface area (Å²) in [6.07, 6.45) is 0. The van der Waals surface area contributed by atoms with Crippen molar-refractivity contribution in [3.8, 4) is 5.75 Å². The number of carbonyl (C=O) groups excluding carboxylic acids is 1. The fraction of sp³-hybridized carbons (Fsp3) is 0.150. The van der Waals surface area contributed by atoms with E-state index in [2.05, 4.69) is 5.32 Å². The number of amides is 1. The van der Waals surface area contributed by atoms with Crippen molar-refractivity contribution in [2.24, 2.45) is 0 Å². The molecule has 0 unspecified atom stereocenters. The van der Waals surface area contributed by atoms with Gasteiger partial charge in [0.05, 0.1) is 18.7 Å². The molecule has 3 aromatic carbocycles. The van der Waals surface area contributed by atoms with Gasteiger partial charge in [-0.15, -0.1) is 0 Å². The summed E-state index contributed by atoms with van der Waals surface area (Å²) in [6, 6.07) is 17.3. The maximum absolute atomic E-state index is 13.0. The molecule has 3 nitrogen and oxygen atoms in total. The second kappa shape index (κ2) is 6.71. The Labute approximate surface area is 140 Å². The molecule has 0 fully saturated rings. The number of hydrogen-bond acceptors (Lipinski definition) is 2. The van der Waals surface area contributed by atoms with E-state index in [1.54, 1.807) is 19.2 Å². The number of hydrogen-bond donors (Lipinski definition) is 1. The lowest BCUT2D eigenvalue weighted by Gasteiger charge is -2.16. The summed E-state index contributed by atoms with van der Waals surface area (Å²) >= 11 is 0. The highest BCUT2D eigenvalue weighted by molar-refractivity contribution is 6.01. The van der Waals surface area contributed by atoms with Crippen LogP contribution in [0.1, 0.15) is 28.9 Å². The van der Waals surface area contributed by atoms with E-state index in [0.717, 1.165) is 16.3 Å². The van der Waals surface area contributed by atoms with Crippen LogP contribution >= 0.6 is 0 Å². The van der Waals surface area contributed by atoms with E-state index < -0.39 is 0 Å². The largest absolute Gasteiger partial charge is 0.496 e. The lowest BCUT2D eigenvalue weighted by Crippen LogP contribution is -2.27. The van der Waals surface area contributed by atoms with Gasteiger partial charge in [0.2, 0.25) is 0 Å². The summed E-state index contributed by atoms with van der Waals surface area (Å²) in [5.74, 6) is 0.000379. The van der Waals surface area contributed by atoms with Gasteiger partial charge in [-0.3, -0.25) is 4.79 Å². The summed E-state index contributed by atoms with van der Waals surface area (Å²) in [6.45, 7) is 1.86. The fourth-order valence-electron chi connectivity index (χ4n) is 2.67. The number of halogens is 1. The van der Waals surface area contributed by atoms with Crippen LogP contribution in [-0.2, 0) is 0 Å². The lowest BCUT2D eigenvalue weighted by atomic mass is 10.0. The van der Waals surface area contributed by atoms with E-state index in [-0.39, 0.29) is 17.8 Å². The van der Waals surface area contributed by atoms with Gasteiger partial charge in [-0.2, -0.15) is 0 Å². The Balaban J connectivity index is 1.88. The number of methoxy groups -OCH3 is 1. The molecule has 3 aromatic rings. The molecule has 3 rings (SSSR count). The lowest BCUT2D eigenvalue weighted by molar-refractivity contribution is 0.0937. The smallest absolute Gasteiger partial charge is 0.255 e. The van der Waals surface area contributed by atoms with Crippen LogP contribution in [0.15, 0.2) is 60.7 Å². The average molecular weight is 323 g/mol. The van der Waals surface area contributed by atoms with Crippen molar-refractivity contribution in [2.45, 2.75) is 13.0 Å². The third-order valence-corrected chi connectivity index (χ3v) is 4.03. The van der Waals surface area contributed by atoms with E-state index in [1.807, 2.05) is 43.3 Å². The van der Waals surface area contributed by atoms with Crippen LogP contribution in [0.3, 0.4) is 0 Å². The predicted octanol–water partition coefficient (Wildman–Crippen LogP) is 4.48. The number of ether oxygens (including phenoxy) is 1. The highest BCUT2D eigenvalue weighted by Crippen LogP contribution is 2.26. The van der Waals surface area contributed by atoms with E-state index in [0.29, 0.717) is 11.3 Å². The molecule has 0 saturated heterocycles. The maximum Gasteiger partial charge on any atom is 0.255 e. The van der Waals surface area contributed by atoms with Gasteiger partial charge in [-0.1, -0.05) is 36.4 Å². The Kier molecular flexibility index (Phi) is 4.47. The Morgan fingerprint density at radius 1 is 1.04 bits per heavy atom. The standard InChI is InChI=1S/C20H18FNO2/c1-13(14-7-9-17(21)10-8-14)22-20(23)18-11-15-5-3-4-6-16(15)12-19(18)24-2/h3-13H,1-2H3,(H,22,23)/t13-/m1/s1. The van der Waals surface area contributed by atoms with Crippen LogP contribution in [0.4, 0.5) is 4.39 Å². The Morgan fingerprint density at radius 2 is 1.67 bits per heavy atom. The van der Waals surface area contributed by atoms with Gasteiger partial charge in [0.25, 0.3) is 5.91 Å². The molecule has 4 heteroatoms. The van der Waals surface area contributed by atoms with Gasteiger partial charge in [-0.25, -0.2) is 4.39 Å². The minimum atomic E-state index is -0.298. The van der Waals surface area contributed by atoms with Crippen molar-refractivity contribution in [1.82, 2.24) is 5.32 Å². The zero-order chi connectivity index (χ0) is 17.1. The number of benzene rings is 3. The number of nitrogens with one attached hydrogen (secondary N) is 1. The summed E-state index contributed by atoms with van der Waals surface area (Å²) in [4.78, 5) is 12.7. The van der Waals surface area contributed by atoms with E-state index in [1.165, 1.54) is 12.1 Å².